The van der Waals surface area contributed by atoms with Crippen molar-refractivity contribution in [3.63, 3.8) is 0 Å². The van der Waals surface area contributed by atoms with Crippen LogP contribution in [-0.2, 0) is 20.4 Å². The Morgan fingerprint density at radius 1 is 0.750 bits per heavy atom. The second kappa shape index (κ2) is 10.7. The standard InChI is InChI=1S/C17H15.C9H13.C2H6Si.2ClH.Zr/c1-12-7-6-10-15-11-13(2)17(16(12)15)14-8-4-3-5-9-14;1-6-5-7(2)9(4)8(6)3;1-3-2;;;/h3-11H,1-2H3;6H,1-4H3;1-2H3;2*1H;. The molecule has 170 valence electrons. The van der Waals surface area contributed by atoms with Crippen molar-refractivity contribution in [2.75, 3.05) is 0 Å². The van der Waals surface area contributed by atoms with Crippen LogP contribution in [0, 0.1) is 12.8 Å². The van der Waals surface area contributed by atoms with Crippen molar-refractivity contribution in [1.82, 2.24) is 0 Å². The van der Waals surface area contributed by atoms with Gasteiger partial charge in [0.05, 0.1) is 0 Å². The zero-order valence-electron chi connectivity index (χ0n) is 20.6. The molecule has 0 N–H and O–H groups in total. The first-order valence-corrected chi connectivity index (χ1v) is 20.0. The van der Waals surface area contributed by atoms with E-state index >= 15 is 0 Å². The molecule has 2 aliphatic rings. The average Bonchev–Trinajstić information content (AvgIpc) is 3.12. The van der Waals surface area contributed by atoms with Gasteiger partial charge in [-0.1, -0.05) is 0 Å². The number of allylic oxidation sites excluding steroid dienone is 5. The number of benzene rings is 2. The Hall–Kier alpha value is -0.660. The molecule has 0 bridgehead atoms. The molecule has 0 amide bonds. The molecule has 0 nitrogen and oxygen atoms in total. The smallest absolute Gasteiger partial charge is 0.147 e. The van der Waals surface area contributed by atoms with Crippen LogP contribution in [0.2, 0.25) is 13.1 Å². The maximum atomic E-state index is 2.61. The molecule has 0 saturated carbocycles. The fourth-order valence-electron chi connectivity index (χ4n) is 5.71. The van der Waals surface area contributed by atoms with Gasteiger partial charge < -0.3 is 0 Å². The Balaban J connectivity index is 0.00000181. The third kappa shape index (κ3) is 4.38. The Morgan fingerprint density at radius 2 is 1.38 bits per heavy atom. The summed E-state index contributed by atoms with van der Waals surface area (Å²) in [5.41, 5.74) is 13.7. The van der Waals surface area contributed by atoms with Crippen LogP contribution in [0.15, 0.2) is 74.1 Å². The van der Waals surface area contributed by atoms with Crippen molar-refractivity contribution >= 4 is 35.8 Å². The number of hydrogen-bond acceptors (Lipinski definition) is 0. The summed E-state index contributed by atoms with van der Waals surface area (Å²) in [5, 5.41) is 0. The van der Waals surface area contributed by atoms with Gasteiger partial charge in [-0.05, 0) is 0 Å². The summed E-state index contributed by atoms with van der Waals surface area (Å²) >= 11 is -1.96. The van der Waals surface area contributed by atoms with Crippen molar-refractivity contribution in [3.8, 4) is 0 Å². The minimum absolute atomic E-state index is 0. The van der Waals surface area contributed by atoms with Gasteiger partial charge in [-0.25, -0.2) is 0 Å². The van der Waals surface area contributed by atoms with Crippen LogP contribution in [0.5, 0.6) is 0 Å². The van der Waals surface area contributed by atoms with Gasteiger partial charge in [0.1, 0.15) is 0 Å². The number of aryl methyl sites for hydroxylation is 1. The van der Waals surface area contributed by atoms with E-state index in [9.17, 15) is 0 Å². The van der Waals surface area contributed by atoms with Crippen molar-refractivity contribution in [2.45, 2.75) is 58.3 Å². The fraction of sp³-hybridized carbons (Fsp3) is 0.357. The molecular weight excluding hydrogens is 527 g/mol. The first-order chi connectivity index (χ1) is 14.3. The van der Waals surface area contributed by atoms with Crippen molar-refractivity contribution < 1.29 is 20.4 Å². The molecular formula is C28H36Cl2SiZr. The van der Waals surface area contributed by atoms with Crippen LogP contribution in [0.4, 0.5) is 0 Å². The van der Waals surface area contributed by atoms with Crippen LogP contribution in [0.25, 0.3) is 5.57 Å². The molecule has 0 heterocycles. The Bertz CT molecular complexity index is 1170. The fourth-order valence-corrected chi connectivity index (χ4v) is 26.3. The Morgan fingerprint density at radius 3 is 1.91 bits per heavy atom. The van der Waals surface area contributed by atoms with Crippen molar-refractivity contribution in [3.05, 3.63) is 96.4 Å². The predicted octanol–water partition coefficient (Wildman–Crippen LogP) is 8.84. The monoisotopic (exact) mass is 560 g/mol. The number of halogens is 2. The first-order valence-electron chi connectivity index (χ1n) is 11.2. The molecule has 0 aromatic heterocycles. The molecule has 2 aromatic carbocycles. The van der Waals surface area contributed by atoms with E-state index in [-0.39, 0.29) is 30.2 Å². The van der Waals surface area contributed by atoms with E-state index in [0.717, 1.165) is 0 Å². The minimum atomic E-state index is -1.96. The van der Waals surface area contributed by atoms with Gasteiger partial charge in [-0.2, -0.15) is 0 Å². The van der Waals surface area contributed by atoms with Gasteiger partial charge in [-0.15, -0.1) is 24.8 Å². The van der Waals surface area contributed by atoms with E-state index in [1.807, 2.05) is 3.28 Å². The van der Waals surface area contributed by atoms with E-state index < -0.39 is 20.4 Å². The van der Waals surface area contributed by atoms with Crippen LogP contribution in [0.3, 0.4) is 0 Å². The minimum Gasteiger partial charge on any atom is -0.147 e. The molecule has 4 rings (SSSR count). The van der Waals surface area contributed by atoms with Gasteiger partial charge >= 0.3 is 192 Å². The summed E-state index contributed by atoms with van der Waals surface area (Å²) in [4.78, 5) is 0. The second-order valence-corrected chi connectivity index (χ2v) is 26.7. The van der Waals surface area contributed by atoms with E-state index in [1.54, 1.807) is 27.9 Å². The van der Waals surface area contributed by atoms with E-state index in [1.165, 1.54) is 22.3 Å². The van der Waals surface area contributed by atoms with Crippen LogP contribution >= 0.6 is 24.8 Å². The third-order valence-corrected chi connectivity index (χ3v) is 26.5. The van der Waals surface area contributed by atoms with Crippen molar-refractivity contribution in [1.29, 1.82) is 0 Å². The molecule has 0 spiro atoms. The first kappa shape index (κ1) is 27.6. The summed E-state index contributed by atoms with van der Waals surface area (Å²) < 4.78 is 2.60. The number of rotatable bonds is 3. The SMILES string of the molecule is CC1=C(C)C(C)[C]([Zr]([CH]2C(C)=C(c3ccccc3)c3c(C)cccc32)=[Si](C)C)=C1C.Cl.Cl. The van der Waals surface area contributed by atoms with Crippen LogP contribution in [-0.4, -0.2) is 5.43 Å². The summed E-state index contributed by atoms with van der Waals surface area (Å²) in [6, 6.07) is 18.2. The molecule has 2 aliphatic carbocycles. The zero-order valence-corrected chi connectivity index (χ0v) is 25.7. The quantitative estimate of drug-likeness (QED) is 0.328. The molecule has 2 aromatic rings. The van der Waals surface area contributed by atoms with Gasteiger partial charge in [-0.3, -0.25) is 0 Å². The topological polar surface area (TPSA) is 0 Å². The van der Waals surface area contributed by atoms with Gasteiger partial charge in [0.15, 0.2) is 0 Å². The van der Waals surface area contributed by atoms with E-state index in [0.29, 0.717) is 9.54 Å². The summed E-state index contributed by atoms with van der Waals surface area (Å²) in [6.07, 6.45) is 0. The molecule has 2 unspecified atom stereocenters. The predicted molar refractivity (Wildman–Crippen MR) is 144 cm³/mol. The number of fused-ring (bicyclic) bond motifs is 1. The molecule has 0 radical (unpaired) electrons. The summed E-state index contributed by atoms with van der Waals surface area (Å²) in [5.74, 6) is 0.654. The molecule has 32 heavy (non-hydrogen) atoms. The molecule has 2 atom stereocenters. The normalized spacial score (nSPS) is 19.6. The van der Waals surface area contributed by atoms with E-state index in [4.69, 9.17) is 0 Å². The zero-order chi connectivity index (χ0) is 21.7. The number of hydrogen-bond donors (Lipinski definition) is 0. The van der Waals surface area contributed by atoms with Crippen LogP contribution in [0.1, 0.15) is 60.5 Å². The summed E-state index contributed by atoms with van der Waals surface area (Å²) in [7, 11) is 0. The molecule has 0 aliphatic heterocycles. The average molecular weight is 563 g/mol. The second-order valence-electron chi connectivity index (χ2n) is 9.38. The molecule has 4 heteroatoms. The van der Waals surface area contributed by atoms with Gasteiger partial charge in [0.25, 0.3) is 0 Å². The maximum Gasteiger partial charge on any atom is -0.147 e. The van der Waals surface area contributed by atoms with Gasteiger partial charge in [0.2, 0.25) is 0 Å². The molecule has 0 saturated heterocycles. The molecule has 0 fully saturated rings. The third-order valence-electron chi connectivity index (χ3n) is 7.51. The van der Waals surface area contributed by atoms with E-state index in [2.05, 4.69) is 103 Å². The Kier molecular flexibility index (Phi) is 9.25. The van der Waals surface area contributed by atoms with Gasteiger partial charge in [0, 0.05) is 0 Å². The Labute approximate surface area is 215 Å². The van der Waals surface area contributed by atoms with Crippen LogP contribution < -0.4 is 0 Å². The maximum absolute atomic E-state index is 2.61. The largest absolute Gasteiger partial charge is 0.147 e. The summed E-state index contributed by atoms with van der Waals surface area (Å²) in [6.45, 7) is 19.6. The van der Waals surface area contributed by atoms with Crippen molar-refractivity contribution in [2.24, 2.45) is 5.92 Å².